The zero-order chi connectivity index (χ0) is 14.7. The van der Waals surface area contributed by atoms with Crippen molar-refractivity contribution in [2.45, 2.75) is 19.8 Å². The van der Waals surface area contributed by atoms with Crippen molar-refractivity contribution in [3.05, 3.63) is 84.4 Å². The molecule has 3 heteroatoms. The van der Waals surface area contributed by atoms with E-state index in [4.69, 9.17) is 0 Å². The number of rotatable bonds is 1. The van der Waals surface area contributed by atoms with Crippen molar-refractivity contribution in [3.63, 3.8) is 0 Å². The van der Waals surface area contributed by atoms with Crippen LogP contribution in [0, 0.1) is 0 Å². The Kier molecular flexibility index (Phi) is 11.0. The Hall–Kier alpha value is -0.497. The Morgan fingerprint density at radius 3 is 1.92 bits per heavy atom. The van der Waals surface area contributed by atoms with Crippen LogP contribution in [0.3, 0.4) is 0 Å². The van der Waals surface area contributed by atoms with Crippen LogP contribution in [0.4, 0.5) is 0 Å². The molecule has 0 spiro atoms. The van der Waals surface area contributed by atoms with Crippen LogP contribution in [0.1, 0.15) is 25.3 Å². The van der Waals surface area contributed by atoms with Gasteiger partial charge in [0.2, 0.25) is 0 Å². The topological polar surface area (TPSA) is 0 Å². The van der Waals surface area contributed by atoms with Crippen LogP contribution in [0.2, 0.25) is 0 Å². The largest absolute Gasteiger partial charge is 4.00 e. The molecule has 4 aromatic rings. The SMILES string of the molecule is CC(C)c1cc2ccccc2[cH-]1.[Br-].[Br-].[Zr+4].c1ccc2[cH-]ccc2c1. The van der Waals surface area contributed by atoms with E-state index in [9.17, 15) is 0 Å². The van der Waals surface area contributed by atoms with Crippen LogP contribution < -0.4 is 34.0 Å². The minimum atomic E-state index is 0. The fourth-order valence-electron chi connectivity index (χ4n) is 2.58. The average molecular weight is 523 g/mol. The van der Waals surface area contributed by atoms with E-state index in [-0.39, 0.29) is 60.2 Å². The summed E-state index contributed by atoms with van der Waals surface area (Å²) < 4.78 is 0. The van der Waals surface area contributed by atoms with E-state index in [1.165, 1.54) is 27.1 Å². The minimum Gasteiger partial charge on any atom is -1.00 e. The molecule has 0 radical (unpaired) electrons. The van der Waals surface area contributed by atoms with Gasteiger partial charge < -0.3 is 34.0 Å². The number of fused-ring (bicyclic) bond motifs is 2. The fourth-order valence-corrected chi connectivity index (χ4v) is 2.58. The van der Waals surface area contributed by atoms with Gasteiger partial charge in [0.15, 0.2) is 0 Å². The Bertz CT molecular complexity index is 780. The molecule has 0 aromatic heterocycles. The summed E-state index contributed by atoms with van der Waals surface area (Å²) in [4.78, 5) is 0. The maximum Gasteiger partial charge on any atom is 4.00 e. The van der Waals surface area contributed by atoms with Crippen LogP contribution in [0.25, 0.3) is 21.5 Å². The van der Waals surface area contributed by atoms with Crippen molar-refractivity contribution in [1.82, 2.24) is 0 Å². The Balaban J connectivity index is 0.000000402. The molecule has 0 saturated heterocycles. The first-order valence-corrected chi connectivity index (χ1v) is 7.50. The summed E-state index contributed by atoms with van der Waals surface area (Å²) in [5.74, 6) is 0.636. The van der Waals surface area contributed by atoms with E-state index >= 15 is 0 Å². The molecule has 0 fully saturated rings. The number of benzene rings is 2. The summed E-state index contributed by atoms with van der Waals surface area (Å²) in [6, 6.07) is 27.7. The minimum absolute atomic E-state index is 0. The van der Waals surface area contributed by atoms with E-state index in [2.05, 4.69) is 92.7 Å². The zero-order valence-electron chi connectivity index (χ0n) is 13.8. The third-order valence-corrected chi connectivity index (χ3v) is 3.85. The molecule has 0 nitrogen and oxygen atoms in total. The second-order valence-corrected chi connectivity index (χ2v) is 5.73. The average Bonchev–Trinajstić information content (AvgIpc) is 3.14. The smallest absolute Gasteiger partial charge is 1.00 e. The fraction of sp³-hybridized carbons (Fsp3) is 0.143. The van der Waals surface area contributed by atoms with Gasteiger partial charge in [-0.25, -0.2) is 0 Å². The van der Waals surface area contributed by atoms with Gasteiger partial charge in [0.25, 0.3) is 0 Å². The van der Waals surface area contributed by atoms with Gasteiger partial charge in [-0.2, -0.15) is 23.6 Å². The zero-order valence-corrected chi connectivity index (χ0v) is 19.5. The van der Waals surface area contributed by atoms with Crippen molar-refractivity contribution in [1.29, 1.82) is 0 Å². The molecular formula is C21H20Br2Zr. The van der Waals surface area contributed by atoms with Crippen molar-refractivity contribution in [2.24, 2.45) is 0 Å². The Labute approximate surface area is 184 Å². The molecule has 0 N–H and O–H groups in total. The molecule has 24 heavy (non-hydrogen) atoms. The molecule has 0 aliphatic carbocycles. The summed E-state index contributed by atoms with van der Waals surface area (Å²) in [5, 5.41) is 5.39. The van der Waals surface area contributed by atoms with Crippen LogP contribution in [-0.4, -0.2) is 0 Å². The summed E-state index contributed by atoms with van der Waals surface area (Å²) in [6.07, 6.45) is 0. The van der Waals surface area contributed by atoms with Gasteiger partial charge >= 0.3 is 26.2 Å². The first-order valence-electron chi connectivity index (χ1n) is 7.50. The predicted octanol–water partition coefficient (Wildman–Crippen LogP) is 0.246. The molecule has 0 aliphatic rings. The van der Waals surface area contributed by atoms with Crippen LogP contribution in [-0.2, 0) is 26.2 Å². The van der Waals surface area contributed by atoms with Crippen molar-refractivity contribution >= 4 is 21.5 Å². The maximum absolute atomic E-state index is 2.28. The Morgan fingerprint density at radius 1 is 0.750 bits per heavy atom. The second-order valence-electron chi connectivity index (χ2n) is 5.73. The quantitative estimate of drug-likeness (QED) is 0.314. The number of hydrogen-bond donors (Lipinski definition) is 0. The first-order chi connectivity index (χ1) is 10.2. The molecule has 4 rings (SSSR count). The second kappa shape index (κ2) is 11.2. The Morgan fingerprint density at radius 2 is 1.33 bits per heavy atom. The normalized spacial score (nSPS) is 9.46. The van der Waals surface area contributed by atoms with Crippen molar-refractivity contribution in [3.8, 4) is 0 Å². The molecule has 0 bridgehead atoms. The molecule has 0 aliphatic heterocycles. The van der Waals surface area contributed by atoms with E-state index in [1.807, 2.05) is 0 Å². The van der Waals surface area contributed by atoms with Gasteiger partial charge in [-0.15, -0.1) is 70.3 Å². The summed E-state index contributed by atoms with van der Waals surface area (Å²) in [5.41, 5.74) is 1.44. The van der Waals surface area contributed by atoms with Gasteiger partial charge in [0, 0.05) is 0 Å². The van der Waals surface area contributed by atoms with E-state index in [0.29, 0.717) is 5.92 Å². The van der Waals surface area contributed by atoms with Crippen molar-refractivity contribution < 1.29 is 60.2 Å². The third kappa shape index (κ3) is 5.79. The van der Waals surface area contributed by atoms with E-state index < -0.39 is 0 Å². The molecule has 0 heterocycles. The van der Waals surface area contributed by atoms with Gasteiger partial charge in [-0.3, -0.25) is 0 Å². The third-order valence-electron chi connectivity index (χ3n) is 3.85. The number of halogens is 2. The van der Waals surface area contributed by atoms with Gasteiger partial charge in [0.1, 0.15) is 0 Å². The van der Waals surface area contributed by atoms with Gasteiger partial charge in [0.05, 0.1) is 0 Å². The van der Waals surface area contributed by atoms with Crippen LogP contribution >= 0.6 is 0 Å². The summed E-state index contributed by atoms with van der Waals surface area (Å²) >= 11 is 0. The molecule has 4 aromatic carbocycles. The maximum atomic E-state index is 2.28. The number of hydrogen-bond acceptors (Lipinski definition) is 0. The first kappa shape index (κ1) is 23.5. The van der Waals surface area contributed by atoms with Gasteiger partial charge in [-0.05, 0) is 5.92 Å². The standard InChI is InChI=1S/C12H13.C9H7.2BrH.Zr/c1-9(2)12-7-10-5-3-4-6-11(10)8-12;1-2-5-9-7-3-6-8(9)4-1;;;/h3-9H,1-2H3;1-7H;2*1H;/q2*-1;;;+4/p-2. The van der Waals surface area contributed by atoms with Gasteiger partial charge in [-0.1, -0.05) is 26.0 Å². The van der Waals surface area contributed by atoms with Crippen molar-refractivity contribution in [2.75, 3.05) is 0 Å². The predicted molar refractivity (Wildman–Crippen MR) is 93.2 cm³/mol. The molecule has 0 saturated carbocycles. The molecule has 0 unspecified atom stereocenters. The van der Waals surface area contributed by atoms with E-state index in [1.54, 1.807) is 0 Å². The molecule has 122 valence electrons. The van der Waals surface area contributed by atoms with Crippen LogP contribution in [0.5, 0.6) is 0 Å². The molecular weight excluding hydrogens is 503 g/mol. The molecule has 0 amide bonds. The van der Waals surface area contributed by atoms with E-state index in [0.717, 1.165) is 0 Å². The molecule has 0 atom stereocenters. The summed E-state index contributed by atoms with van der Waals surface area (Å²) in [7, 11) is 0. The van der Waals surface area contributed by atoms with Crippen LogP contribution in [0.15, 0.2) is 78.9 Å². The summed E-state index contributed by atoms with van der Waals surface area (Å²) in [6.45, 7) is 4.46. The monoisotopic (exact) mass is 520 g/mol.